The van der Waals surface area contributed by atoms with Gasteiger partial charge in [-0.25, -0.2) is 14.8 Å². The van der Waals surface area contributed by atoms with Crippen molar-refractivity contribution in [2.75, 3.05) is 37.7 Å². The van der Waals surface area contributed by atoms with E-state index in [0.29, 0.717) is 19.7 Å². The standard InChI is InChI=1S/C22H25N5O2S/c1-2-29-22(28)27-12-10-26(11-13-27)20-18-16-7-3-4-8-17(16)30-21(18)25-19(24-20)15-6-5-9-23-14-15/h5-6,9,14H,2-4,7-8,10-13H2,1H3. The van der Waals surface area contributed by atoms with Crippen LogP contribution in [0.15, 0.2) is 24.5 Å². The summed E-state index contributed by atoms with van der Waals surface area (Å²) in [6, 6.07) is 3.92. The van der Waals surface area contributed by atoms with Gasteiger partial charge in [0.05, 0.1) is 12.0 Å². The molecule has 3 aromatic heterocycles. The van der Waals surface area contributed by atoms with Crippen LogP contribution in [-0.2, 0) is 17.6 Å². The minimum atomic E-state index is -0.228. The molecule has 1 aliphatic heterocycles. The number of aryl methyl sites for hydroxylation is 2. The number of hydrogen-bond acceptors (Lipinski definition) is 7. The Bertz CT molecular complexity index is 1060. The van der Waals surface area contributed by atoms with Gasteiger partial charge < -0.3 is 14.5 Å². The maximum atomic E-state index is 12.1. The summed E-state index contributed by atoms with van der Waals surface area (Å²) < 4.78 is 5.17. The average Bonchev–Trinajstić information content (AvgIpc) is 3.18. The Morgan fingerprint density at radius 2 is 2.00 bits per heavy atom. The van der Waals surface area contributed by atoms with Gasteiger partial charge in [0.15, 0.2) is 5.82 Å². The van der Waals surface area contributed by atoms with E-state index in [2.05, 4.69) is 9.88 Å². The third kappa shape index (κ3) is 3.49. The molecule has 1 fully saturated rings. The monoisotopic (exact) mass is 423 g/mol. The molecule has 0 radical (unpaired) electrons. The maximum absolute atomic E-state index is 12.1. The number of ether oxygens (including phenoxy) is 1. The van der Waals surface area contributed by atoms with E-state index < -0.39 is 0 Å². The summed E-state index contributed by atoms with van der Waals surface area (Å²) in [6.45, 7) is 4.99. The molecule has 156 valence electrons. The SMILES string of the molecule is CCOC(=O)N1CCN(c2nc(-c3cccnc3)nc3sc4c(c23)CCCC4)CC1. The maximum Gasteiger partial charge on any atom is 0.409 e. The third-order valence-electron chi connectivity index (χ3n) is 5.82. The highest BCUT2D eigenvalue weighted by Gasteiger charge is 2.28. The predicted molar refractivity (Wildman–Crippen MR) is 118 cm³/mol. The van der Waals surface area contributed by atoms with Gasteiger partial charge >= 0.3 is 6.09 Å². The van der Waals surface area contributed by atoms with Gasteiger partial charge in [-0.2, -0.15) is 0 Å². The predicted octanol–water partition coefficient (Wildman–Crippen LogP) is 3.91. The summed E-state index contributed by atoms with van der Waals surface area (Å²) >= 11 is 1.82. The van der Waals surface area contributed by atoms with Crippen molar-refractivity contribution in [1.82, 2.24) is 19.9 Å². The quantitative estimate of drug-likeness (QED) is 0.636. The largest absolute Gasteiger partial charge is 0.450 e. The smallest absolute Gasteiger partial charge is 0.409 e. The van der Waals surface area contributed by atoms with E-state index in [4.69, 9.17) is 14.7 Å². The molecule has 1 amide bonds. The second-order valence-electron chi connectivity index (χ2n) is 7.68. The number of thiophene rings is 1. The number of carbonyl (C=O) groups is 1. The number of amides is 1. The molecule has 1 aliphatic carbocycles. The molecule has 30 heavy (non-hydrogen) atoms. The van der Waals surface area contributed by atoms with Crippen molar-refractivity contribution < 1.29 is 9.53 Å². The van der Waals surface area contributed by atoms with Crippen LogP contribution in [0.4, 0.5) is 10.6 Å². The molecule has 0 bridgehead atoms. The van der Waals surface area contributed by atoms with E-state index in [1.54, 1.807) is 11.1 Å². The fourth-order valence-electron chi connectivity index (χ4n) is 4.31. The molecule has 7 nitrogen and oxygen atoms in total. The van der Waals surface area contributed by atoms with Gasteiger partial charge in [0, 0.05) is 49.0 Å². The summed E-state index contributed by atoms with van der Waals surface area (Å²) in [5, 5.41) is 1.21. The van der Waals surface area contributed by atoms with Crippen LogP contribution >= 0.6 is 11.3 Å². The number of nitrogens with zero attached hydrogens (tertiary/aromatic N) is 5. The molecule has 5 rings (SSSR count). The molecule has 0 N–H and O–H groups in total. The van der Waals surface area contributed by atoms with E-state index in [0.717, 1.165) is 48.0 Å². The number of hydrogen-bond donors (Lipinski definition) is 0. The van der Waals surface area contributed by atoms with Gasteiger partial charge in [0.1, 0.15) is 10.6 Å². The molecule has 3 aromatic rings. The van der Waals surface area contributed by atoms with E-state index in [9.17, 15) is 4.79 Å². The van der Waals surface area contributed by atoms with Gasteiger partial charge in [-0.15, -0.1) is 11.3 Å². The van der Waals surface area contributed by atoms with Gasteiger partial charge in [-0.05, 0) is 50.3 Å². The molecule has 2 aliphatic rings. The lowest BCUT2D eigenvalue weighted by atomic mass is 9.97. The summed E-state index contributed by atoms with van der Waals surface area (Å²) in [5.41, 5.74) is 2.36. The molecular weight excluding hydrogens is 398 g/mol. The lowest BCUT2D eigenvalue weighted by Crippen LogP contribution is -2.49. The number of fused-ring (bicyclic) bond motifs is 3. The zero-order valence-corrected chi connectivity index (χ0v) is 18.0. The summed E-state index contributed by atoms with van der Waals surface area (Å²) in [6.07, 6.45) is 8.05. The average molecular weight is 424 g/mol. The first-order chi connectivity index (χ1) is 14.7. The van der Waals surface area contributed by atoms with E-state index in [-0.39, 0.29) is 6.09 Å². The van der Waals surface area contributed by atoms with Gasteiger partial charge in [0.2, 0.25) is 0 Å². The van der Waals surface area contributed by atoms with Crippen LogP contribution in [-0.4, -0.2) is 58.7 Å². The van der Waals surface area contributed by atoms with Gasteiger partial charge in [-0.3, -0.25) is 4.98 Å². The molecule has 4 heterocycles. The fraction of sp³-hybridized carbons (Fsp3) is 0.455. The van der Waals surface area contributed by atoms with Crippen LogP contribution in [0.25, 0.3) is 21.6 Å². The third-order valence-corrected chi connectivity index (χ3v) is 7.01. The van der Waals surface area contributed by atoms with Crippen molar-refractivity contribution >= 4 is 33.5 Å². The van der Waals surface area contributed by atoms with Crippen LogP contribution in [0.5, 0.6) is 0 Å². The molecule has 0 spiro atoms. The van der Waals surface area contributed by atoms with Crippen molar-refractivity contribution in [3.05, 3.63) is 35.0 Å². The number of pyridine rings is 1. The first kappa shape index (κ1) is 19.2. The Balaban J connectivity index is 1.54. The Hall–Kier alpha value is -2.74. The highest BCUT2D eigenvalue weighted by Crippen LogP contribution is 2.41. The Kier molecular flexibility index (Phi) is 5.25. The summed E-state index contributed by atoms with van der Waals surface area (Å²) in [4.78, 5) is 32.9. The van der Waals surface area contributed by atoms with Crippen molar-refractivity contribution in [3.63, 3.8) is 0 Å². The van der Waals surface area contributed by atoms with Gasteiger partial charge in [-0.1, -0.05) is 0 Å². The number of rotatable bonds is 3. The zero-order chi connectivity index (χ0) is 20.5. The summed E-state index contributed by atoms with van der Waals surface area (Å²) in [5.74, 6) is 1.72. The minimum Gasteiger partial charge on any atom is -0.450 e. The topological polar surface area (TPSA) is 71.5 Å². The Labute approximate surface area is 179 Å². The zero-order valence-electron chi connectivity index (χ0n) is 17.1. The Morgan fingerprint density at radius 1 is 1.17 bits per heavy atom. The Morgan fingerprint density at radius 3 is 2.77 bits per heavy atom. The van der Waals surface area contributed by atoms with Crippen molar-refractivity contribution in [3.8, 4) is 11.4 Å². The molecule has 0 aromatic carbocycles. The fourth-order valence-corrected chi connectivity index (χ4v) is 5.56. The lowest BCUT2D eigenvalue weighted by molar-refractivity contribution is 0.105. The van der Waals surface area contributed by atoms with Crippen LogP contribution in [0.1, 0.15) is 30.2 Å². The molecule has 1 saturated heterocycles. The summed E-state index contributed by atoms with van der Waals surface area (Å²) in [7, 11) is 0. The second kappa shape index (κ2) is 8.18. The van der Waals surface area contributed by atoms with Crippen molar-refractivity contribution in [1.29, 1.82) is 0 Å². The highest BCUT2D eigenvalue weighted by molar-refractivity contribution is 7.19. The lowest BCUT2D eigenvalue weighted by Gasteiger charge is -2.35. The molecule has 8 heteroatoms. The van der Waals surface area contributed by atoms with Crippen LogP contribution in [0.3, 0.4) is 0 Å². The van der Waals surface area contributed by atoms with Crippen molar-refractivity contribution in [2.24, 2.45) is 0 Å². The van der Waals surface area contributed by atoms with E-state index >= 15 is 0 Å². The highest BCUT2D eigenvalue weighted by atomic mass is 32.1. The first-order valence-corrected chi connectivity index (χ1v) is 11.5. The second-order valence-corrected chi connectivity index (χ2v) is 8.76. The van der Waals surface area contributed by atoms with Crippen LogP contribution in [0, 0.1) is 0 Å². The first-order valence-electron chi connectivity index (χ1n) is 10.6. The van der Waals surface area contributed by atoms with Crippen LogP contribution < -0.4 is 4.90 Å². The van der Waals surface area contributed by atoms with E-state index in [1.165, 1.54) is 28.7 Å². The van der Waals surface area contributed by atoms with Crippen molar-refractivity contribution in [2.45, 2.75) is 32.6 Å². The number of anilines is 1. The molecule has 0 saturated carbocycles. The number of carbonyl (C=O) groups excluding carboxylic acids is 1. The molecule has 0 unspecified atom stereocenters. The molecule has 0 atom stereocenters. The normalized spacial score (nSPS) is 16.6. The van der Waals surface area contributed by atoms with Crippen LogP contribution in [0.2, 0.25) is 0 Å². The number of aromatic nitrogens is 3. The van der Waals surface area contributed by atoms with E-state index in [1.807, 2.05) is 36.6 Å². The van der Waals surface area contributed by atoms with Gasteiger partial charge in [0.25, 0.3) is 0 Å². The number of piperazine rings is 1. The minimum absolute atomic E-state index is 0.228. The molecular formula is C22H25N5O2S.